The lowest BCUT2D eigenvalue weighted by Crippen LogP contribution is -2.30. The highest BCUT2D eigenvalue weighted by Gasteiger charge is 2.48. The number of hydrogen-bond acceptors (Lipinski definition) is 4. The van der Waals surface area contributed by atoms with Crippen LogP contribution in [0.3, 0.4) is 0 Å². The van der Waals surface area contributed by atoms with E-state index in [0.29, 0.717) is 6.42 Å². The Morgan fingerprint density at radius 1 is 1.15 bits per heavy atom. The molecule has 1 aliphatic rings. The summed E-state index contributed by atoms with van der Waals surface area (Å²) in [6.45, 7) is 0. The SMILES string of the molecule is O=C(O)C1CC1C(=O)NC(c1cccs1)c1cccs1. The van der Waals surface area contributed by atoms with Gasteiger partial charge in [0.1, 0.15) is 0 Å². The lowest BCUT2D eigenvalue weighted by molar-refractivity contribution is -0.140. The fourth-order valence-corrected chi connectivity index (χ4v) is 3.86. The molecule has 0 radical (unpaired) electrons. The van der Waals surface area contributed by atoms with E-state index in [4.69, 9.17) is 5.11 Å². The van der Waals surface area contributed by atoms with Crippen LogP contribution in [0.15, 0.2) is 35.0 Å². The lowest BCUT2D eigenvalue weighted by Gasteiger charge is -2.16. The normalized spacial score (nSPS) is 20.9. The second kappa shape index (κ2) is 5.38. The Bertz CT molecular complexity index is 572. The number of rotatable bonds is 5. The molecule has 104 valence electrons. The Morgan fingerprint density at radius 3 is 2.15 bits per heavy atom. The fourth-order valence-electron chi connectivity index (χ4n) is 2.20. The predicted molar refractivity (Wildman–Crippen MR) is 77.9 cm³/mol. The van der Waals surface area contributed by atoms with Gasteiger partial charge in [0.05, 0.1) is 17.9 Å². The molecule has 2 heterocycles. The Labute approximate surface area is 124 Å². The topological polar surface area (TPSA) is 66.4 Å². The molecule has 0 aliphatic heterocycles. The summed E-state index contributed by atoms with van der Waals surface area (Å²) in [5.74, 6) is -1.93. The van der Waals surface area contributed by atoms with Crippen LogP contribution >= 0.6 is 22.7 Å². The molecule has 2 unspecified atom stereocenters. The second-order valence-electron chi connectivity index (χ2n) is 4.76. The third kappa shape index (κ3) is 2.62. The van der Waals surface area contributed by atoms with Crippen molar-refractivity contribution in [1.29, 1.82) is 0 Å². The molecule has 2 aromatic rings. The number of carboxylic acid groups (broad SMARTS) is 1. The molecule has 0 spiro atoms. The molecule has 3 rings (SSSR count). The van der Waals surface area contributed by atoms with Gasteiger partial charge in [-0.1, -0.05) is 12.1 Å². The van der Waals surface area contributed by atoms with Crippen molar-refractivity contribution in [3.8, 4) is 0 Å². The summed E-state index contributed by atoms with van der Waals surface area (Å²) < 4.78 is 0. The van der Waals surface area contributed by atoms with Crippen LogP contribution in [0.5, 0.6) is 0 Å². The molecule has 0 saturated heterocycles. The third-order valence-corrected chi connectivity index (χ3v) is 5.26. The molecular formula is C14H13NO3S2. The average molecular weight is 307 g/mol. The first-order chi connectivity index (χ1) is 9.66. The van der Waals surface area contributed by atoms with Gasteiger partial charge in [0.2, 0.25) is 5.91 Å². The molecule has 1 fully saturated rings. The fraction of sp³-hybridized carbons (Fsp3) is 0.286. The molecule has 1 saturated carbocycles. The summed E-state index contributed by atoms with van der Waals surface area (Å²) in [5, 5.41) is 15.8. The molecule has 0 aromatic carbocycles. The standard InChI is InChI=1S/C14H13NO3S2/c16-13(8-7-9(8)14(17)18)15-12(10-3-1-5-19-10)11-4-2-6-20-11/h1-6,8-9,12H,7H2,(H,15,16)(H,17,18). The van der Waals surface area contributed by atoms with Gasteiger partial charge in [0.15, 0.2) is 0 Å². The first kappa shape index (κ1) is 13.3. The molecule has 1 amide bonds. The van der Waals surface area contributed by atoms with Crippen LogP contribution in [0.4, 0.5) is 0 Å². The van der Waals surface area contributed by atoms with Crippen molar-refractivity contribution in [3.63, 3.8) is 0 Å². The highest BCUT2D eigenvalue weighted by Crippen LogP contribution is 2.40. The Morgan fingerprint density at radius 2 is 1.75 bits per heavy atom. The first-order valence-corrected chi connectivity index (χ1v) is 8.02. The Balaban J connectivity index is 1.75. The van der Waals surface area contributed by atoms with Crippen molar-refractivity contribution < 1.29 is 14.7 Å². The number of nitrogens with one attached hydrogen (secondary N) is 1. The maximum atomic E-state index is 12.2. The van der Waals surface area contributed by atoms with Crippen LogP contribution in [0.25, 0.3) is 0 Å². The Hall–Kier alpha value is -1.66. The number of hydrogen-bond donors (Lipinski definition) is 2. The van der Waals surface area contributed by atoms with Crippen LogP contribution in [0, 0.1) is 11.8 Å². The van der Waals surface area contributed by atoms with Gasteiger partial charge in [0, 0.05) is 9.75 Å². The molecular weight excluding hydrogens is 294 g/mol. The quantitative estimate of drug-likeness (QED) is 0.892. The zero-order valence-electron chi connectivity index (χ0n) is 10.5. The van der Waals surface area contributed by atoms with Gasteiger partial charge in [-0.25, -0.2) is 0 Å². The van der Waals surface area contributed by atoms with Crippen molar-refractivity contribution in [1.82, 2.24) is 5.32 Å². The van der Waals surface area contributed by atoms with E-state index in [-0.39, 0.29) is 17.9 Å². The van der Waals surface area contributed by atoms with E-state index < -0.39 is 11.9 Å². The summed E-state index contributed by atoms with van der Waals surface area (Å²) in [6.07, 6.45) is 0.447. The van der Waals surface area contributed by atoms with Gasteiger partial charge < -0.3 is 10.4 Å². The van der Waals surface area contributed by atoms with E-state index >= 15 is 0 Å². The Kier molecular flexibility index (Phi) is 3.58. The molecule has 2 atom stereocenters. The van der Waals surface area contributed by atoms with Crippen LogP contribution in [-0.2, 0) is 9.59 Å². The number of carbonyl (C=O) groups excluding carboxylic acids is 1. The lowest BCUT2D eigenvalue weighted by atomic mass is 10.2. The summed E-state index contributed by atoms with van der Waals surface area (Å²) in [6, 6.07) is 7.69. The van der Waals surface area contributed by atoms with Gasteiger partial charge in [-0.15, -0.1) is 22.7 Å². The molecule has 6 heteroatoms. The highest BCUT2D eigenvalue weighted by molar-refractivity contribution is 7.11. The highest BCUT2D eigenvalue weighted by atomic mass is 32.1. The number of aliphatic carboxylic acids is 1. The summed E-state index contributed by atoms with van der Waals surface area (Å²) in [4.78, 5) is 25.1. The van der Waals surface area contributed by atoms with Crippen LogP contribution < -0.4 is 5.32 Å². The van der Waals surface area contributed by atoms with E-state index in [2.05, 4.69) is 5.32 Å². The van der Waals surface area contributed by atoms with E-state index in [1.165, 1.54) is 0 Å². The first-order valence-electron chi connectivity index (χ1n) is 6.27. The molecule has 20 heavy (non-hydrogen) atoms. The van der Waals surface area contributed by atoms with Gasteiger partial charge in [-0.05, 0) is 29.3 Å². The summed E-state index contributed by atoms with van der Waals surface area (Å²) >= 11 is 3.17. The molecule has 0 bridgehead atoms. The molecule has 2 N–H and O–H groups in total. The minimum absolute atomic E-state index is 0.163. The zero-order chi connectivity index (χ0) is 14.1. The predicted octanol–water partition coefficient (Wildman–Crippen LogP) is 2.74. The number of carboxylic acids is 1. The van der Waals surface area contributed by atoms with Crippen molar-refractivity contribution in [2.75, 3.05) is 0 Å². The van der Waals surface area contributed by atoms with Gasteiger partial charge >= 0.3 is 5.97 Å². The van der Waals surface area contributed by atoms with Crippen molar-refractivity contribution in [2.24, 2.45) is 11.8 Å². The maximum Gasteiger partial charge on any atom is 0.307 e. The van der Waals surface area contributed by atoms with E-state index in [1.54, 1.807) is 22.7 Å². The number of thiophene rings is 2. The van der Waals surface area contributed by atoms with E-state index in [9.17, 15) is 9.59 Å². The molecule has 2 aromatic heterocycles. The monoisotopic (exact) mass is 307 g/mol. The minimum Gasteiger partial charge on any atom is -0.481 e. The molecule has 4 nitrogen and oxygen atoms in total. The van der Waals surface area contributed by atoms with Gasteiger partial charge in [-0.2, -0.15) is 0 Å². The van der Waals surface area contributed by atoms with Crippen LogP contribution in [0.1, 0.15) is 22.2 Å². The van der Waals surface area contributed by atoms with Gasteiger partial charge in [-0.3, -0.25) is 9.59 Å². The summed E-state index contributed by atoms with van der Waals surface area (Å²) in [7, 11) is 0. The number of carbonyl (C=O) groups is 2. The summed E-state index contributed by atoms with van der Waals surface area (Å²) in [5.41, 5.74) is 0. The van der Waals surface area contributed by atoms with Crippen molar-refractivity contribution in [2.45, 2.75) is 12.5 Å². The maximum absolute atomic E-state index is 12.2. The second-order valence-corrected chi connectivity index (χ2v) is 6.72. The van der Waals surface area contributed by atoms with Crippen LogP contribution in [0.2, 0.25) is 0 Å². The molecule has 1 aliphatic carbocycles. The van der Waals surface area contributed by atoms with E-state index in [0.717, 1.165) is 9.75 Å². The largest absolute Gasteiger partial charge is 0.481 e. The smallest absolute Gasteiger partial charge is 0.307 e. The van der Waals surface area contributed by atoms with E-state index in [1.807, 2.05) is 35.0 Å². The number of amides is 1. The zero-order valence-corrected chi connectivity index (χ0v) is 12.1. The van der Waals surface area contributed by atoms with Crippen molar-refractivity contribution >= 4 is 34.6 Å². The minimum atomic E-state index is -0.881. The van der Waals surface area contributed by atoms with Gasteiger partial charge in [0.25, 0.3) is 0 Å². The third-order valence-electron chi connectivity index (χ3n) is 3.39. The van der Waals surface area contributed by atoms with Crippen molar-refractivity contribution in [3.05, 3.63) is 44.8 Å². The average Bonchev–Trinajstić information content (AvgIpc) is 2.85. The van der Waals surface area contributed by atoms with Crippen LogP contribution in [-0.4, -0.2) is 17.0 Å².